The van der Waals surface area contributed by atoms with Gasteiger partial charge in [0.05, 0.1) is 0 Å². The molecule has 1 nitrogen and oxygen atoms in total. The van der Waals surface area contributed by atoms with Gasteiger partial charge in [-0.15, -0.1) is 0 Å². The van der Waals surface area contributed by atoms with Crippen LogP contribution in [0.25, 0.3) is 10.9 Å². The van der Waals surface area contributed by atoms with Crippen LogP contribution in [0.1, 0.15) is 37.4 Å². The summed E-state index contributed by atoms with van der Waals surface area (Å²) < 4.78 is 1.17. The molecule has 2 aromatic rings. The fourth-order valence-electron chi connectivity index (χ4n) is 3.79. The standard InChI is InChI=1S/C16H16BrN/c1-16(2)10-4-3-9(7-10)15-14(16)12-8-11(17)5-6-13(12)18-15/h3-6,8-10,18H,7H2,1-2H3. The topological polar surface area (TPSA) is 15.8 Å². The Kier molecular flexibility index (Phi) is 1.99. The van der Waals surface area contributed by atoms with Crippen molar-refractivity contribution >= 4 is 26.8 Å². The van der Waals surface area contributed by atoms with Crippen molar-refractivity contribution < 1.29 is 0 Å². The van der Waals surface area contributed by atoms with Crippen molar-refractivity contribution in [3.8, 4) is 0 Å². The highest BCUT2D eigenvalue weighted by Gasteiger charge is 2.43. The number of aromatic nitrogens is 1. The van der Waals surface area contributed by atoms with Gasteiger partial charge in [0.25, 0.3) is 0 Å². The molecule has 4 rings (SSSR count). The predicted molar refractivity (Wildman–Crippen MR) is 79.0 cm³/mol. The summed E-state index contributed by atoms with van der Waals surface area (Å²) in [4.78, 5) is 3.65. The fourth-order valence-corrected chi connectivity index (χ4v) is 4.15. The zero-order valence-corrected chi connectivity index (χ0v) is 12.2. The maximum atomic E-state index is 3.65. The van der Waals surface area contributed by atoms with Gasteiger partial charge in [-0.2, -0.15) is 0 Å². The zero-order chi connectivity index (χ0) is 12.5. The van der Waals surface area contributed by atoms with E-state index in [4.69, 9.17) is 0 Å². The highest BCUT2D eigenvalue weighted by molar-refractivity contribution is 9.10. The van der Waals surface area contributed by atoms with Gasteiger partial charge in [0.2, 0.25) is 0 Å². The quantitative estimate of drug-likeness (QED) is 0.667. The van der Waals surface area contributed by atoms with E-state index in [1.54, 1.807) is 0 Å². The Balaban J connectivity index is 2.12. The number of allylic oxidation sites excluding steroid dienone is 2. The summed E-state index contributed by atoms with van der Waals surface area (Å²) in [6.45, 7) is 4.77. The molecule has 92 valence electrons. The van der Waals surface area contributed by atoms with Crippen molar-refractivity contribution in [1.29, 1.82) is 0 Å². The molecule has 2 aliphatic carbocycles. The van der Waals surface area contributed by atoms with Gasteiger partial charge in [-0.05, 0) is 41.5 Å². The van der Waals surface area contributed by atoms with Gasteiger partial charge >= 0.3 is 0 Å². The number of hydrogen-bond acceptors (Lipinski definition) is 0. The minimum atomic E-state index is 0.234. The molecule has 2 atom stereocenters. The molecule has 2 aliphatic rings. The van der Waals surface area contributed by atoms with Crippen LogP contribution in [-0.4, -0.2) is 4.98 Å². The average molecular weight is 302 g/mol. The maximum Gasteiger partial charge on any atom is 0.0460 e. The van der Waals surface area contributed by atoms with Crippen LogP contribution in [0, 0.1) is 5.92 Å². The van der Waals surface area contributed by atoms with Crippen molar-refractivity contribution in [3.63, 3.8) is 0 Å². The lowest BCUT2D eigenvalue weighted by molar-refractivity contribution is 0.343. The molecular weight excluding hydrogens is 286 g/mol. The normalized spacial score (nSPS) is 27.7. The first-order valence-electron chi connectivity index (χ1n) is 6.57. The van der Waals surface area contributed by atoms with Gasteiger partial charge in [-0.1, -0.05) is 41.9 Å². The smallest absolute Gasteiger partial charge is 0.0460 e. The number of hydrogen-bond donors (Lipinski definition) is 1. The zero-order valence-electron chi connectivity index (χ0n) is 10.6. The SMILES string of the molecule is CC1(C)c2c([nH]c3ccc(Br)cc23)C2C=CC1C2. The van der Waals surface area contributed by atoms with Crippen molar-refractivity contribution in [3.05, 3.63) is 46.1 Å². The van der Waals surface area contributed by atoms with Gasteiger partial charge in [0, 0.05) is 27.0 Å². The van der Waals surface area contributed by atoms with Gasteiger partial charge in [0.1, 0.15) is 0 Å². The third-order valence-corrected chi connectivity index (χ3v) is 5.31. The number of H-pyrrole nitrogens is 1. The van der Waals surface area contributed by atoms with E-state index in [1.165, 1.54) is 33.1 Å². The first kappa shape index (κ1) is 10.9. The van der Waals surface area contributed by atoms with E-state index in [0.717, 1.165) is 0 Å². The number of fused-ring (bicyclic) bond motifs is 6. The van der Waals surface area contributed by atoms with Crippen LogP contribution in [0.15, 0.2) is 34.8 Å². The Labute approximate surface area is 115 Å². The lowest BCUT2D eigenvalue weighted by Gasteiger charge is -2.37. The van der Waals surface area contributed by atoms with Crippen molar-refractivity contribution in [2.75, 3.05) is 0 Å². The summed E-state index contributed by atoms with van der Waals surface area (Å²) in [7, 11) is 0. The van der Waals surface area contributed by atoms with Crippen LogP contribution in [0.4, 0.5) is 0 Å². The first-order valence-corrected chi connectivity index (χ1v) is 7.36. The summed E-state index contributed by atoms with van der Waals surface area (Å²) in [5, 5.41) is 1.39. The third kappa shape index (κ3) is 1.22. The molecule has 1 heterocycles. The molecule has 1 aromatic heterocycles. The van der Waals surface area contributed by atoms with Crippen molar-refractivity contribution in [2.24, 2.45) is 5.92 Å². The monoisotopic (exact) mass is 301 g/mol. The molecule has 2 heteroatoms. The summed E-state index contributed by atoms with van der Waals surface area (Å²) in [6.07, 6.45) is 6.08. The van der Waals surface area contributed by atoms with Crippen LogP contribution in [-0.2, 0) is 5.41 Å². The third-order valence-electron chi connectivity index (χ3n) is 4.82. The van der Waals surface area contributed by atoms with E-state index in [9.17, 15) is 0 Å². The molecule has 2 unspecified atom stereocenters. The second-order valence-electron chi connectivity index (χ2n) is 6.16. The number of halogens is 1. The molecule has 0 saturated heterocycles. The van der Waals surface area contributed by atoms with Crippen LogP contribution in [0.2, 0.25) is 0 Å². The van der Waals surface area contributed by atoms with E-state index < -0.39 is 0 Å². The molecule has 2 bridgehead atoms. The van der Waals surface area contributed by atoms with Crippen LogP contribution in [0.5, 0.6) is 0 Å². The Morgan fingerprint density at radius 2 is 2.11 bits per heavy atom. The summed E-state index contributed by atoms with van der Waals surface area (Å²) in [6, 6.07) is 6.56. The van der Waals surface area contributed by atoms with E-state index in [2.05, 4.69) is 65.1 Å². The molecule has 0 spiro atoms. The first-order chi connectivity index (χ1) is 8.57. The average Bonchev–Trinajstić information content (AvgIpc) is 2.89. The van der Waals surface area contributed by atoms with E-state index in [1.807, 2.05) is 0 Å². The van der Waals surface area contributed by atoms with E-state index in [-0.39, 0.29) is 5.41 Å². The molecule has 0 saturated carbocycles. The summed E-state index contributed by atoms with van der Waals surface area (Å²) in [5.74, 6) is 1.29. The highest BCUT2D eigenvalue weighted by atomic mass is 79.9. The van der Waals surface area contributed by atoms with Crippen molar-refractivity contribution in [1.82, 2.24) is 4.98 Å². The largest absolute Gasteiger partial charge is 0.358 e. The minimum Gasteiger partial charge on any atom is -0.358 e. The number of benzene rings is 1. The molecule has 1 aromatic carbocycles. The summed E-state index contributed by atoms with van der Waals surface area (Å²) in [5.41, 5.74) is 4.48. The molecule has 0 amide bonds. The van der Waals surface area contributed by atoms with Crippen LogP contribution in [0.3, 0.4) is 0 Å². The molecule has 1 N–H and O–H groups in total. The van der Waals surface area contributed by atoms with Crippen molar-refractivity contribution in [2.45, 2.75) is 31.6 Å². The fraction of sp³-hybridized carbons (Fsp3) is 0.375. The van der Waals surface area contributed by atoms with Crippen LogP contribution < -0.4 is 0 Å². The Morgan fingerprint density at radius 1 is 1.28 bits per heavy atom. The lowest BCUT2D eigenvalue weighted by Crippen LogP contribution is -2.31. The predicted octanol–water partition coefficient (Wildman–Crippen LogP) is 4.88. The highest BCUT2D eigenvalue weighted by Crippen LogP contribution is 2.53. The minimum absolute atomic E-state index is 0.234. The van der Waals surface area contributed by atoms with E-state index in [0.29, 0.717) is 11.8 Å². The molecule has 0 radical (unpaired) electrons. The number of nitrogens with one attached hydrogen (secondary N) is 1. The summed E-state index contributed by atoms with van der Waals surface area (Å²) >= 11 is 3.60. The second kappa shape index (κ2) is 3.30. The Morgan fingerprint density at radius 3 is 2.94 bits per heavy atom. The van der Waals surface area contributed by atoms with E-state index >= 15 is 0 Å². The van der Waals surface area contributed by atoms with Gasteiger partial charge in [-0.3, -0.25) is 0 Å². The molecule has 18 heavy (non-hydrogen) atoms. The second-order valence-corrected chi connectivity index (χ2v) is 7.07. The Bertz CT molecular complexity index is 678. The molecule has 0 aliphatic heterocycles. The Hall–Kier alpha value is -1.02. The lowest BCUT2D eigenvalue weighted by atomic mass is 9.67. The van der Waals surface area contributed by atoms with Gasteiger partial charge in [-0.25, -0.2) is 0 Å². The molecule has 0 fully saturated rings. The maximum absolute atomic E-state index is 3.65. The number of aromatic amines is 1. The molecular formula is C16H16BrN. The number of rotatable bonds is 0. The van der Waals surface area contributed by atoms with Crippen LogP contribution >= 0.6 is 15.9 Å². The van der Waals surface area contributed by atoms with Gasteiger partial charge < -0.3 is 4.98 Å². The van der Waals surface area contributed by atoms with Gasteiger partial charge in [0.15, 0.2) is 0 Å².